The van der Waals surface area contributed by atoms with E-state index in [2.05, 4.69) is 0 Å². The largest absolute Gasteiger partial charge is 0.419 e. The van der Waals surface area contributed by atoms with Gasteiger partial charge in [-0.25, -0.2) is 4.39 Å². The Morgan fingerprint density at radius 2 is 1.88 bits per heavy atom. The number of alkyl halides is 4. The highest BCUT2D eigenvalue weighted by atomic mass is 35.5. The summed E-state index contributed by atoms with van der Waals surface area (Å²) in [5.41, 5.74) is -2.60. The minimum atomic E-state index is -4.99. The Kier molecular flexibility index (Phi) is 3.80. The minimum Gasteiger partial charge on any atom is -0.293 e. The molecule has 0 saturated heterocycles. The van der Waals surface area contributed by atoms with Gasteiger partial charge in [-0.1, -0.05) is 11.6 Å². The first-order chi connectivity index (χ1) is 7.29. The van der Waals surface area contributed by atoms with Gasteiger partial charge in [-0.2, -0.15) is 13.2 Å². The third-order valence-corrected chi connectivity index (χ3v) is 2.35. The summed E-state index contributed by atoms with van der Waals surface area (Å²) in [4.78, 5) is 11.2. The molecule has 0 fully saturated rings. The molecule has 1 nitrogen and oxygen atoms in total. The monoisotopic (exact) mass is 274 g/mol. The molecule has 0 N–H and O–H groups in total. The zero-order valence-corrected chi connectivity index (χ0v) is 9.05. The van der Waals surface area contributed by atoms with Gasteiger partial charge in [0.05, 0.1) is 16.5 Å². The van der Waals surface area contributed by atoms with E-state index in [1.54, 1.807) is 0 Å². The lowest BCUT2D eigenvalue weighted by Crippen LogP contribution is -2.17. The van der Waals surface area contributed by atoms with Crippen LogP contribution in [0.4, 0.5) is 17.6 Å². The number of ketones is 1. The fraction of sp³-hybridized carbons (Fsp3) is 0.222. The summed E-state index contributed by atoms with van der Waals surface area (Å²) in [6.07, 6.45) is -4.99. The third kappa shape index (κ3) is 2.47. The highest BCUT2D eigenvalue weighted by molar-refractivity contribution is 6.37. The second-order valence-corrected chi connectivity index (χ2v) is 3.51. The van der Waals surface area contributed by atoms with Gasteiger partial charge in [-0.15, -0.1) is 11.6 Å². The predicted octanol–water partition coefficient (Wildman–Crippen LogP) is 3.92. The van der Waals surface area contributed by atoms with Gasteiger partial charge in [-0.05, 0) is 12.1 Å². The fourth-order valence-electron chi connectivity index (χ4n) is 1.17. The molecule has 0 heterocycles. The van der Waals surface area contributed by atoms with E-state index in [0.29, 0.717) is 6.07 Å². The molecule has 0 saturated carbocycles. The van der Waals surface area contributed by atoms with Crippen molar-refractivity contribution in [2.45, 2.75) is 6.18 Å². The third-order valence-electron chi connectivity index (χ3n) is 1.79. The van der Waals surface area contributed by atoms with Crippen LogP contribution in [0.25, 0.3) is 0 Å². The summed E-state index contributed by atoms with van der Waals surface area (Å²) in [6.45, 7) is 0. The SMILES string of the molecule is O=C(CCl)c1c(Cl)ccc(F)c1C(F)(F)F. The van der Waals surface area contributed by atoms with Crippen LogP contribution in [0.3, 0.4) is 0 Å². The number of carbonyl (C=O) groups is 1. The molecule has 0 aliphatic heterocycles. The van der Waals surface area contributed by atoms with Crippen LogP contribution in [0.15, 0.2) is 12.1 Å². The molecule has 0 aromatic heterocycles. The molecule has 0 aliphatic rings. The molecule has 16 heavy (non-hydrogen) atoms. The number of rotatable bonds is 2. The van der Waals surface area contributed by atoms with Crippen molar-refractivity contribution >= 4 is 29.0 Å². The maximum atomic E-state index is 13.0. The number of Topliss-reactive ketones (excluding diaryl/α,β-unsaturated/α-hetero) is 1. The van der Waals surface area contributed by atoms with Crippen molar-refractivity contribution in [3.8, 4) is 0 Å². The topological polar surface area (TPSA) is 17.1 Å². The lowest BCUT2D eigenvalue weighted by Gasteiger charge is -2.13. The molecule has 0 aliphatic carbocycles. The Morgan fingerprint density at radius 1 is 1.31 bits per heavy atom. The van der Waals surface area contributed by atoms with E-state index in [0.717, 1.165) is 6.07 Å². The van der Waals surface area contributed by atoms with Gasteiger partial charge in [0.1, 0.15) is 11.4 Å². The number of halogens is 6. The number of hydrogen-bond acceptors (Lipinski definition) is 1. The van der Waals surface area contributed by atoms with E-state index < -0.39 is 39.8 Å². The highest BCUT2D eigenvalue weighted by Crippen LogP contribution is 2.37. The second-order valence-electron chi connectivity index (χ2n) is 2.83. The summed E-state index contributed by atoms with van der Waals surface area (Å²) in [7, 11) is 0. The Morgan fingerprint density at radius 3 is 2.31 bits per heavy atom. The quantitative estimate of drug-likeness (QED) is 0.454. The predicted molar refractivity (Wildman–Crippen MR) is 51.5 cm³/mol. The fourth-order valence-corrected chi connectivity index (χ4v) is 1.56. The van der Waals surface area contributed by atoms with E-state index in [9.17, 15) is 22.4 Å². The number of hydrogen-bond donors (Lipinski definition) is 0. The molecule has 1 aromatic rings. The van der Waals surface area contributed by atoms with Crippen LogP contribution in [-0.4, -0.2) is 11.7 Å². The van der Waals surface area contributed by atoms with Crippen LogP contribution < -0.4 is 0 Å². The minimum absolute atomic E-state index is 0.473. The van der Waals surface area contributed by atoms with Gasteiger partial charge in [0, 0.05) is 0 Å². The second kappa shape index (κ2) is 4.59. The normalized spacial score (nSPS) is 11.6. The summed E-state index contributed by atoms with van der Waals surface area (Å²) in [5, 5.41) is -0.473. The van der Waals surface area contributed by atoms with E-state index in [1.165, 1.54) is 0 Å². The van der Waals surface area contributed by atoms with E-state index in [4.69, 9.17) is 23.2 Å². The van der Waals surface area contributed by atoms with Gasteiger partial charge in [0.2, 0.25) is 0 Å². The van der Waals surface area contributed by atoms with Crippen molar-refractivity contribution in [3.63, 3.8) is 0 Å². The lowest BCUT2D eigenvalue weighted by molar-refractivity contribution is -0.140. The smallest absolute Gasteiger partial charge is 0.293 e. The first-order valence-corrected chi connectivity index (χ1v) is 4.84. The molecule has 0 bridgehead atoms. The molecule has 0 unspecified atom stereocenters. The lowest BCUT2D eigenvalue weighted by atomic mass is 10.0. The van der Waals surface area contributed by atoms with Gasteiger partial charge >= 0.3 is 6.18 Å². The molecule has 1 rings (SSSR count). The van der Waals surface area contributed by atoms with Gasteiger partial charge < -0.3 is 0 Å². The van der Waals surface area contributed by atoms with Crippen LogP contribution >= 0.6 is 23.2 Å². The Hall–Kier alpha value is -0.810. The summed E-state index contributed by atoms with van der Waals surface area (Å²) >= 11 is 10.6. The van der Waals surface area contributed by atoms with E-state index in [-0.39, 0.29) is 0 Å². The van der Waals surface area contributed by atoms with E-state index >= 15 is 0 Å². The zero-order valence-electron chi connectivity index (χ0n) is 7.54. The standard InChI is InChI=1S/C9H4Cl2F4O/c10-3-6(16)7-4(11)1-2-5(12)8(7)9(13,14)15/h1-2H,3H2. The molecule has 0 atom stereocenters. The van der Waals surface area contributed by atoms with Crippen LogP contribution in [0.5, 0.6) is 0 Å². The van der Waals surface area contributed by atoms with Crippen molar-refractivity contribution in [1.82, 2.24) is 0 Å². The Bertz CT molecular complexity index is 428. The molecule has 88 valence electrons. The molecule has 1 aromatic carbocycles. The van der Waals surface area contributed by atoms with Crippen LogP contribution in [-0.2, 0) is 6.18 Å². The summed E-state index contributed by atoms with van der Waals surface area (Å²) in [6, 6.07) is 1.43. The average Bonchev–Trinajstić information content (AvgIpc) is 2.18. The number of carbonyl (C=O) groups excluding carboxylic acids is 1. The highest BCUT2D eigenvalue weighted by Gasteiger charge is 2.39. The summed E-state index contributed by atoms with van der Waals surface area (Å²) < 4.78 is 50.5. The average molecular weight is 275 g/mol. The van der Waals surface area contributed by atoms with Gasteiger partial charge in [-0.3, -0.25) is 4.79 Å². The molecule has 0 amide bonds. The zero-order chi connectivity index (χ0) is 12.5. The Balaban J connectivity index is 3.56. The molecular formula is C9H4Cl2F4O. The molecule has 7 heteroatoms. The first kappa shape index (κ1) is 13.3. The van der Waals surface area contributed by atoms with Crippen molar-refractivity contribution in [3.05, 3.63) is 34.1 Å². The number of benzene rings is 1. The van der Waals surface area contributed by atoms with Crippen molar-refractivity contribution in [2.75, 3.05) is 5.88 Å². The van der Waals surface area contributed by atoms with Crippen molar-refractivity contribution in [1.29, 1.82) is 0 Å². The summed E-state index contributed by atoms with van der Waals surface area (Å²) in [5.74, 6) is -3.32. The maximum Gasteiger partial charge on any atom is 0.419 e. The van der Waals surface area contributed by atoms with Crippen molar-refractivity contribution in [2.24, 2.45) is 0 Å². The molecule has 0 spiro atoms. The van der Waals surface area contributed by atoms with Crippen LogP contribution in [0.2, 0.25) is 5.02 Å². The maximum absolute atomic E-state index is 13.0. The van der Waals surface area contributed by atoms with E-state index in [1.807, 2.05) is 0 Å². The van der Waals surface area contributed by atoms with Crippen LogP contribution in [0, 0.1) is 5.82 Å². The first-order valence-electron chi connectivity index (χ1n) is 3.93. The van der Waals surface area contributed by atoms with Crippen molar-refractivity contribution < 1.29 is 22.4 Å². The van der Waals surface area contributed by atoms with Gasteiger partial charge in [0.15, 0.2) is 5.78 Å². The Labute approximate surface area is 98.0 Å². The molecule has 0 radical (unpaired) electrons. The van der Waals surface area contributed by atoms with Gasteiger partial charge in [0.25, 0.3) is 0 Å². The van der Waals surface area contributed by atoms with Crippen LogP contribution in [0.1, 0.15) is 15.9 Å². The molecular weight excluding hydrogens is 271 g/mol.